The number of hydrogen-bond acceptors (Lipinski definition) is 1. The van der Waals surface area contributed by atoms with Gasteiger partial charge in [0.1, 0.15) is 0 Å². The third-order valence-corrected chi connectivity index (χ3v) is 3.90. The summed E-state index contributed by atoms with van der Waals surface area (Å²) in [5, 5.41) is 8.76. The zero-order valence-corrected chi connectivity index (χ0v) is 12.7. The van der Waals surface area contributed by atoms with Gasteiger partial charge in [-0.2, -0.15) is 0 Å². The van der Waals surface area contributed by atoms with Gasteiger partial charge in [-0.1, -0.05) is 55.5 Å². The Morgan fingerprint density at radius 1 is 0.952 bits per heavy atom. The van der Waals surface area contributed by atoms with Crippen LogP contribution < -0.4 is 5.32 Å². The molecule has 106 valence electrons. The third-order valence-electron chi connectivity index (χ3n) is 3.90. The molecule has 0 saturated carbocycles. The van der Waals surface area contributed by atoms with E-state index < -0.39 is 0 Å². The molecule has 3 aromatic rings. The molecule has 0 heterocycles. The molecule has 1 nitrogen and oxygen atoms in total. The van der Waals surface area contributed by atoms with Gasteiger partial charge in [0.15, 0.2) is 0 Å². The summed E-state index contributed by atoms with van der Waals surface area (Å²) >= 11 is 0. The Kier molecular flexibility index (Phi) is 3.92. The van der Waals surface area contributed by atoms with Gasteiger partial charge >= 0.3 is 0 Å². The summed E-state index contributed by atoms with van der Waals surface area (Å²) in [5.74, 6) is 0. The molecule has 0 aliphatic heterocycles. The minimum Gasteiger partial charge on any atom is -0.385 e. The van der Waals surface area contributed by atoms with Crippen molar-refractivity contribution in [2.75, 3.05) is 0 Å². The molecule has 0 fully saturated rings. The van der Waals surface area contributed by atoms with Gasteiger partial charge in [0, 0.05) is 12.2 Å². The number of allylic oxidation sites excluding steroid dienone is 2. The second kappa shape index (κ2) is 6.01. The van der Waals surface area contributed by atoms with E-state index in [9.17, 15) is 0 Å². The summed E-state index contributed by atoms with van der Waals surface area (Å²) in [6.07, 6.45) is 3.29. The second-order valence-corrected chi connectivity index (χ2v) is 5.49. The van der Waals surface area contributed by atoms with Gasteiger partial charge in [-0.3, -0.25) is 0 Å². The molecule has 0 spiro atoms. The molecule has 0 amide bonds. The molecule has 0 bridgehead atoms. The first-order valence-corrected chi connectivity index (χ1v) is 7.59. The molecule has 0 aromatic heterocycles. The van der Waals surface area contributed by atoms with Crippen molar-refractivity contribution in [3.63, 3.8) is 0 Å². The summed E-state index contributed by atoms with van der Waals surface area (Å²) in [5.41, 5.74) is 2.59. The monoisotopic (exact) mass is 275 g/mol. The minimum absolute atomic E-state index is 0.873. The van der Waals surface area contributed by atoms with Crippen LogP contribution in [0.15, 0.2) is 66.4 Å². The average Bonchev–Trinajstić information content (AvgIpc) is 2.51. The lowest BCUT2D eigenvalue weighted by atomic mass is 9.99. The summed E-state index contributed by atoms with van der Waals surface area (Å²) in [6.45, 7) is 5.16. The van der Waals surface area contributed by atoms with E-state index in [2.05, 4.69) is 79.8 Å². The fourth-order valence-corrected chi connectivity index (χ4v) is 2.80. The molecule has 0 aliphatic carbocycles. The summed E-state index contributed by atoms with van der Waals surface area (Å²) < 4.78 is 0. The Bertz CT molecular complexity index is 799. The number of benzene rings is 3. The van der Waals surface area contributed by atoms with Gasteiger partial charge in [0.05, 0.1) is 0 Å². The van der Waals surface area contributed by atoms with Gasteiger partial charge in [0.25, 0.3) is 0 Å². The molecule has 1 heteroatoms. The van der Waals surface area contributed by atoms with Gasteiger partial charge in [-0.05, 0) is 52.6 Å². The fraction of sp³-hybridized carbons (Fsp3) is 0.200. The van der Waals surface area contributed by atoms with Gasteiger partial charge < -0.3 is 5.32 Å². The van der Waals surface area contributed by atoms with Crippen molar-refractivity contribution in [3.8, 4) is 0 Å². The molecule has 1 N–H and O–H groups in total. The van der Waals surface area contributed by atoms with Crippen molar-refractivity contribution in [3.05, 3.63) is 71.9 Å². The van der Waals surface area contributed by atoms with E-state index in [1.165, 1.54) is 32.8 Å². The predicted octanol–water partition coefficient (Wildman–Crippen LogP) is 5.40. The molecule has 21 heavy (non-hydrogen) atoms. The maximum Gasteiger partial charge on any atom is 0.0403 e. The quantitative estimate of drug-likeness (QED) is 0.629. The Morgan fingerprint density at radius 3 is 2.43 bits per heavy atom. The standard InChI is InChI=1S/C20H21N/c1-3-7-15(2)21-14-19-11-6-10-18-12-16-8-4-5-9-17(16)13-20(18)19/h4-13,21H,3,14H2,1-2H3. The van der Waals surface area contributed by atoms with Crippen molar-refractivity contribution in [1.82, 2.24) is 5.32 Å². The summed E-state index contributed by atoms with van der Waals surface area (Å²) in [4.78, 5) is 0. The number of rotatable bonds is 4. The van der Waals surface area contributed by atoms with E-state index in [0.717, 1.165) is 13.0 Å². The molecule has 0 aliphatic rings. The van der Waals surface area contributed by atoms with Crippen LogP contribution in [0.25, 0.3) is 21.5 Å². The van der Waals surface area contributed by atoms with Crippen molar-refractivity contribution in [1.29, 1.82) is 0 Å². The van der Waals surface area contributed by atoms with Gasteiger partial charge in [-0.15, -0.1) is 0 Å². The van der Waals surface area contributed by atoms with Crippen LogP contribution in [0.2, 0.25) is 0 Å². The van der Waals surface area contributed by atoms with Gasteiger partial charge in [0.2, 0.25) is 0 Å². The highest BCUT2D eigenvalue weighted by Gasteiger charge is 2.03. The van der Waals surface area contributed by atoms with Crippen molar-refractivity contribution in [2.45, 2.75) is 26.8 Å². The van der Waals surface area contributed by atoms with Crippen LogP contribution in [-0.2, 0) is 6.54 Å². The SMILES string of the molecule is CCC=C(C)NCc1cccc2cc3ccccc3cc12. The zero-order chi connectivity index (χ0) is 14.7. The van der Waals surface area contributed by atoms with Crippen LogP contribution in [0.5, 0.6) is 0 Å². The van der Waals surface area contributed by atoms with E-state index in [4.69, 9.17) is 0 Å². The van der Waals surface area contributed by atoms with Crippen LogP contribution in [0.1, 0.15) is 25.8 Å². The first-order chi connectivity index (χ1) is 10.3. The van der Waals surface area contributed by atoms with Crippen LogP contribution >= 0.6 is 0 Å². The van der Waals surface area contributed by atoms with E-state index in [1.807, 2.05) is 0 Å². The average molecular weight is 275 g/mol. The van der Waals surface area contributed by atoms with Crippen LogP contribution in [0.4, 0.5) is 0 Å². The minimum atomic E-state index is 0.873. The molecule has 3 rings (SSSR count). The lowest BCUT2D eigenvalue weighted by Crippen LogP contribution is -2.10. The van der Waals surface area contributed by atoms with E-state index >= 15 is 0 Å². The first kappa shape index (κ1) is 13.7. The number of nitrogens with one attached hydrogen (secondary N) is 1. The Hall–Kier alpha value is -2.28. The molecule has 3 aromatic carbocycles. The highest BCUT2D eigenvalue weighted by molar-refractivity contribution is 5.99. The first-order valence-electron chi connectivity index (χ1n) is 7.59. The predicted molar refractivity (Wildman–Crippen MR) is 92.3 cm³/mol. The highest BCUT2D eigenvalue weighted by atomic mass is 14.9. The normalized spacial score (nSPS) is 12.0. The molecular weight excluding hydrogens is 254 g/mol. The molecular formula is C20H21N. The van der Waals surface area contributed by atoms with E-state index in [0.29, 0.717) is 0 Å². The number of fused-ring (bicyclic) bond motifs is 2. The largest absolute Gasteiger partial charge is 0.385 e. The zero-order valence-electron chi connectivity index (χ0n) is 12.7. The molecule has 0 radical (unpaired) electrons. The van der Waals surface area contributed by atoms with Crippen LogP contribution in [-0.4, -0.2) is 0 Å². The van der Waals surface area contributed by atoms with E-state index in [-0.39, 0.29) is 0 Å². The molecule has 0 unspecified atom stereocenters. The van der Waals surface area contributed by atoms with Crippen LogP contribution in [0, 0.1) is 0 Å². The molecule has 0 saturated heterocycles. The van der Waals surface area contributed by atoms with Crippen molar-refractivity contribution < 1.29 is 0 Å². The lowest BCUT2D eigenvalue weighted by molar-refractivity contribution is 0.810. The topological polar surface area (TPSA) is 12.0 Å². The molecule has 0 atom stereocenters. The lowest BCUT2D eigenvalue weighted by Gasteiger charge is -2.11. The van der Waals surface area contributed by atoms with Crippen molar-refractivity contribution >= 4 is 21.5 Å². The summed E-state index contributed by atoms with van der Waals surface area (Å²) in [7, 11) is 0. The third kappa shape index (κ3) is 2.92. The summed E-state index contributed by atoms with van der Waals surface area (Å²) in [6, 6.07) is 19.7. The smallest absolute Gasteiger partial charge is 0.0403 e. The maximum absolute atomic E-state index is 3.50. The Balaban J connectivity index is 2.02. The van der Waals surface area contributed by atoms with E-state index in [1.54, 1.807) is 0 Å². The second-order valence-electron chi connectivity index (χ2n) is 5.49. The van der Waals surface area contributed by atoms with Crippen molar-refractivity contribution in [2.24, 2.45) is 0 Å². The van der Waals surface area contributed by atoms with Gasteiger partial charge in [-0.25, -0.2) is 0 Å². The number of hydrogen-bond donors (Lipinski definition) is 1. The highest BCUT2D eigenvalue weighted by Crippen LogP contribution is 2.25. The Morgan fingerprint density at radius 2 is 1.67 bits per heavy atom. The van der Waals surface area contributed by atoms with Crippen LogP contribution in [0.3, 0.4) is 0 Å². The fourth-order valence-electron chi connectivity index (χ4n) is 2.80. The maximum atomic E-state index is 3.50. The Labute approximate surface area is 126 Å².